The number of aliphatic hydroxyl groups is 1. The summed E-state index contributed by atoms with van der Waals surface area (Å²) in [5, 5.41) is 9.73. The maximum Gasteiger partial charge on any atom is 0.345 e. The predicted octanol–water partition coefficient (Wildman–Crippen LogP) is 1.99. The zero-order valence-electron chi connectivity index (χ0n) is 16.5. The van der Waals surface area contributed by atoms with Gasteiger partial charge in [-0.2, -0.15) is 4.98 Å². The molecule has 0 amide bonds. The molecule has 1 aromatic carbocycles. The van der Waals surface area contributed by atoms with Gasteiger partial charge in [-0.3, -0.25) is 9.36 Å². The van der Waals surface area contributed by atoms with Crippen LogP contribution in [0, 0.1) is 0 Å². The molecule has 0 fully saturated rings. The number of carbonyl (C=O) groups excluding carboxylic acids is 1. The van der Waals surface area contributed by atoms with Gasteiger partial charge in [0, 0.05) is 0 Å². The van der Waals surface area contributed by atoms with E-state index in [1.807, 2.05) is 13.8 Å². The highest BCUT2D eigenvalue weighted by atomic mass is 16.5. The van der Waals surface area contributed by atoms with Crippen LogP contribution in [0.2, 0.25) is 0 Å². The SMILES string of the molecule is COC(=O)c1c(N)c2ncc(OC(C)C)nc2n(-c2ccc([C@@H](C)O)cc2)c1=O. The number of fused-ring (bicyclic) bond motifs is 1. The number of rotatable bonds is 5. The molecular weight excluding hydrogens is 376 g/mol. The first kappa shape index (κ1) is 20.3. The topological polar surface area (TPSA) is 130 Å². The minimum Gasteiger partial charge on any atom is -0.474 e. The van der Waals surface area contributed by atoms with E-state index in [0.29, 0.717) is 11.3 Å². The number of esters is 1. The number of nitrogen functional groups attached to an aromatic ring is 1. The molecule has 152 valence electrons. The Balaban J connectivity index is 2.37. The van der Waals surface area contributed by atoms with E-state index in [0.717, 1.165) is 0 Å². The summed E-state index contributed by atoms with van der Waals surface area (Å²) in [6.07, 6.45) is 0.560. The quantitative estimate of drug-likeness (QED) is 0.624. The summed E-state index contributed by atoms with van der Waals surface area (Å²) in [6, 6.07) is 6.62. The van der Waals surface area contributed by atoms with Gasteiger partial charge in [0.05, 0.1) is 36.9 Å². The number of anilines is 1. The van der Waals surface area contributed by atoms with Crippen LogP contribution in [0.3, 0.4) is 0 Å². The average molecular weight is 398 g/mol. The monoisotopic (exact) mass is 398 g/mol. The van der Waals surface area contributed by atoms with E-state index in [9.17, 15) is 14.7 Å². The van der Waals surface area contributed by atoms with E-state index in [1.165, 1.54) is 17.9 Å². The molecule has 3 rings (SSSR count). The molecule has 3 aromatic rings. The summed E-state index contributed by atoms with van der Waals surface area (Å²) in [5.74, 6) is -0.653. The Morgan fingerprint density at radius 3 is 2.41 bits per heavy atom. The number of pyridine rings is 1. The Morgan fingerprint density at radius 1 is 1.21 bits per heavy atom. The van der Waals surface area contributed by atoms with Crippen molar-refractivity contribution >= 4 is 22.8 Å². The molecule has 2 heterocycles. The van der Waals surface area contributed by atoms with Crippen LogP contribution in [0.1, 0.15) is 42.8 Å². The molecule has 0 saturated carbocycles. The fourth-order valence-corrected chi connectivity index (χ4v) is 2.89. The normalized spacial score (nSPS) is 12.2. The number of ether oxygens (including phenoxy) is 2. The summed E-state index contributed by atoms with van der Waals surface area (Å²) in [6.45, 7) is 5.31. The predicted molar refractivity (Wildman–Crippen MR) is 107 cm³/mol. The lowest BCUT2D eigenvalue weighted by Crippen LogP contribution is -2.29. The zero-order valence-corrected chi connectivity index (χ0v) is 16.5. The molecule has 0 aliphatic rings. The number of methoxy groups -OCH3 is 1. The molecule has 29 heavy (non-hydrogen) atoms. The molecule has 0 saturated heterocycles. The highest BCUT2D eigenvalue weighted by Gasteiger charge is 2.24. The summed E-state index contributed by atoms with van der Waals surface area (Å²) in [7, 11) is 1.17. The van der Waals surface area contributed by atoms with Gasteiger partial charge in [0.1, 0.15) is 5.52 Å². The van der Waals surface area contributed by atoms with Gasteiger partial charge in [0.25, 0.3) is 5.56 Å². The van der Waals surface area contributed by atoms with Crippen molar-refractivity contribution in [3.8, 4) is 11.6 Å². The maximum atomic E-state index is 13.2. The van der Waals surface area contributed by atoms with Gasteiger partial charge in [-0.25, -0.2) is 9.78 Å². The van der Waals surface area contributed by atoms with Crippen molar-refractivity contribution in [2.45, 2.75) is 33.0 Å². The van der Waals surface area contributed by atoms with Crippen molar-refractivity contribution in [1.82, 2.24) is 14.5 Å². The fraction of sp³-hybridized carbons (Fsp3) is 0.300. The van der Waals surface area contributed by atoms with Crippen molar-refractivity contribution in [1.29, 1.82) is 0 Å². The van der Waals surface area contributed by atoms with Gasteiger partial charge >= 0.3 is 5.97 Å². The highest BCUT2D eigenvalue weighted by molar-refractivity contribution is 6.02. The van der Waals surface area contributed by atoms with Gasteiger partial charge in [0.15, 0.2) is 11.2 Å². The molecule has 0 aliphatic carbocycles. The van der Waals surface area contributed by atoms with E-state index >= 15 is 0 Å². The summed E-state index contributed by atoms with van der Waals surface area (Å²) < 4.78 is 11.5. The lowest BCUT2D eigenvalue weighted by molar-refractivity contribution is 0.0600. The minimum absolute atomic E-state index is 0.114. The van der Waals surface area contributed by atoms with Crippen LogP contribution >= 0.6 is 0 Å². The van der Waals surface area contributed by atoms with Crippen LogP contribution < -0.4 is 16.0 Å². The third-order valence-corrected chi connectivity index (χ3v) is 4.26. The molecule has 3 N–H and O–H groups in total. The van der Waals surface area contributed by atoms with Gasteiger partial charge in [-0.05, 0) is 38.5 Å². The molecule has 0 radical (unpaired) electrons. The lowest BCUT2D eigenvalue weighted by atomic mass is 10.1. The number of aliphatic hydroxyl groups excluding tert-OH is 1. The van der Waals surface area contributed by atoms with E-state index in [2.05, 4.69) is 9.97 Å². The first-order chi connectivity index (χ1) is 13.7. The zero-order chi connectivity index (χ0) is 21.3. The van der Waals surface area contributed by atoms with Gasteiger partial charge in [0.2, 0.25) is 5.88 Å². The summed E-state index contributed by atoms with van der Waals surface area (Å²) in [4.78, 5) is 34.1. The Morgan fingerprint density at radius 2 is 1.86 bits per heavy atom. The van der Waals surface area contributed by atoms with Gasteiger partial charge in [-0.1, -0.05) is 12.1 Å². The first-order valence-electron chi connectivity index (χ1n) is 8.99. The second-order valence-electron chi connectivity index (χ2n) is 6.74. The second-order valence-corrected chi connectivity index (χ2v) is 6.74. The van der Waals surface area contributed by atoms with Gasteiger partial charge < -0.3 is 20.3 Å². The third kappa shape index (κ3) is 3.77. The third-order valence-electron chi connectivity index (χ3n) is 4.26. The second kappa shape index (κ2) is 7.88. The van der Waals surface area contributed by atoms with E-state index in [4.69, 9.17) is 15.2 Å². The van der Waals surface area contributed by atoms with Crippen molar-refractivity contribution in [2.75, 3.05) is 12.8 Å². The molecule has 0 unspecified atom stereocenters. The van der Waals surface area contributed by atoms with Crippen LogP contribution in [0.5, 0.6) is 5.88 Å². The van der Waals surface area contributed by atoms with Crippen LogP contribution in [0.25, 0.3) is 16.9 Å². The number of aromatic nitrogens is 3. The highest BCUT2D eigenvalue weighted by Crippen LogP contribution is 2.25. The largest absolute Gasteiger partial charge is 0.474 e. The number of carbonyl (C=O) groups is 1. The van der Waals surface area contributed by atoms with Crippen LogP contribution in [0.4, 0.5) is 5.69 Å². The fourth-order valence-electron chi connectivity index (χ4n) is 2.89. The Bertz CT molecular complexity index is 1120. The van der Waals surface area contributed by atoms with E-state index in [-0.39, 0.29) is 34.4 Å². The minimum atomic E-state index is -0.868. The van der Waals surface area contributed by atoms with Crippen molar-refractivity contribution < 1.29 is 19.4 Å². The van der Waals surface area contributed by atoms with Crippen LogP contribution in [-0.4, -0.2) is 38.8 Å². The Kier molecular flexibility index (Phi) is 5.51. The maximum absolute atomic E-state index is 13.2. The van der Waals surface area contributed by atoms with Crippen molar-refractivity contribution in [3.05, 3.63) is 51.9 Å². The Labute approximate surface area is 166 Å². The van der Waals surface area contributed by atoms with Crippen LogP contribution in [-0.2, 0) is 4.74 Å². The molecule has 2 aromatic heterocycles. The molecule has 0 bridgehead atoms. The van der Waals surface area contributed by atoms with Crippen LogP contribution in [0.15, 0.2) is 35.3 Å². The lowest BCUT2D eigenvalue weighted by Gasteiger charge is -2.16. The summed E-state index contributed by atoms with van der Waals surface area (Å²) in [5.41, 5.74) is 6.34. The number of hydrogen-bond acceptors (Lipinski definition) is 8. The molecule has 9 heteroatoms. The first-order valence-corrected chi connectivity index (χ1v) is 8.99. The molecule has 1 atom stereocenters. The molecule has 0 spiro atoms. The number of nitrogens with zero attached hydrogens (tertiary/aromatic N) is 3. The average Bonchev–Trinajstić information content (AvgIpc) is 2.67. The molecule has 0 aliphatic heterocycles. The molecular formula is C20H22N4O5. The standard InChI is InChI=1S/C20H22N4O5/c1-10(2)29-14-9-22-17-16(21)15(20(27)28-4)19(26)24(18(17)23-14)13-7-5-12(6-8-13)11(3)25/h5-11,25H,21H2,1-4H3/t11-/m1/s1. The van der Waals surface area contributed by atoms with E-state index in [1.54, 1.807) is 31.2 Å². The smallest absolute Gasteiger partial charge is 0.345 e. The summed E-state index contributed by atoms with van der Waals surface area (Å²) >= 11 is 0. The number of hydrogen-bond donors (Lipinski definition) is 2. The Hall–Kier alpha value is -3.46. The van der Waals surface area contributed by atoms with Gasteiger partial charge in [-0.15, -0.1) is 0 Å². The number of benzene rings is 1. The van der Waals surface area contributed by atoms with Crippen molar-refractivity contribution in [3.63, 3.8) is 0 Å². The molecule has 9 nitrogen and oxygen atoms in total. The number of nitrogens with two attached hydrogens (primary N) is 1. The van der Waals surface area contributed by atoms with Crippen molar-refractivity contribution in [2.24, 2.45) is 0 Å². The van der Waals surface area contributed by atoms with E-state index < -0.39 is 17.6 Å².